The van der Waals surface area contributed by atoms with Crippen LogP contribution in [0.5, 0.6) is 0 Å². The Bertz CT molecular complexity index is 966. The number of nitrogens with zero attached hydrogens (tertiary/aromatic N) is 1. The number of halogens is 3. The lowest BCUT2D eigenvalue weighted by Crippen LogP contribution is -2.16. The third-order valence-electron chi connectivity index (χ3n) is 3.31. The highest BCUT2D eigenvalue weighted by molar-refractivity contribution is 7.21. The smallest absolute Gasteiger partial charge is 0.266 e. The molecule has 0 bridgehead atoms. The van der Waals surface area contributed by atoms with E-state index in [4.69, 9.17) is 34.8 Å². The van der Waals surface area contributed by atoms with Crippen molar-refractivity contribution in [3.8, 4) is 0 Å². The normalized spacial score (nSPS) is 11.3. The summed E-state index contributed by atoms with van der Waals surface area (Å²) < 4.78 is 0.971. The van der Waals surface area contributed by atoms with Crippen molar-refractivity contribution in [2.75, 3.05) is 0 Å². The summed E-state index contributed by atoms with van der Waals surface area (Å²) in [5.41, 5.74) is 4.32. The molecule has 0 aliphatic heterocycles. The van der Waals surface area contributed by atoms with Crippen LogP contribution in [0.3, 0.4) is 0 Å². The molecule has 0 radical (unpaired) electrons. The fourth-order valence-corrected chi connectivity index (χ4v) is 3.94. The van der Waals surface area contributed by atoms with Crippen molar-refractivity contribution in [1.82, 2.24) is 5.43 Å². The summed E-state index contributed by atoms with van der Waals surface area (Å²) in [6, 6.07) is 11.0. The first-order chi connectivity index (χ1) is 11.5. The molecular formula is C17H11Cl3N2OS. The van der Waals surface area contributed by atoms with Crippen LogP contribution in [0.4, 0.5) is 0 Å². The van der Waals surface area contributed by atoms with Gasteiger partial charge in [-0.3, -0.25) is 4.79 Å². The minimum atomic E-state index is -0.352. The maximum Gasteiger partial charge on any atom is 0.283 e. The number of hydrazone groups is 1. The highest BCUT2D eigenvalue weighted by Gasteiger charge is 2.16. The van der Waals surface area contributed by atoms with Gasteiger partial charge in [0.15, 0.2) is 0 Å². The maximum atomic E-state index is 12.3. The Balaban J connectivity index is 1.78. The number of hydrogen-bond donors (Lipinski definition) is 1. The summed E-state index contributed by atoms with van der Waals surface area (Å²) in [5.74, 6) is -0.352. The lowest BCUT2D eigenvalue weighted by Gasteiger charge is -1.99. The van der Waals surface area contributed by atoms with Crippen LogP contribution in [0.15, 0.2) is 41.5 Å². The van der Waals surface area contributed by atoms with Gasteiger partial charge >= 0.3 is 0 Å². The molecule has 0 unspecified atom stereocenters. The molecule has 3 nitrogen and oxygen atoms in total. The van der Waals surface area contributed by atoms with Crippen LogP contribution < -0.4 is 5.43 Å². The van der Waals surface area contributed by atoms with Crippen LogP contribution in [-0.2, 0) is 0 Å². The van der Waals surface area contributed by atoms with Gasteiger partial charge in [0.05, 0.1) is 21.3 Å². The molecule has 0 aliphatic rings. The fraction of sp³-hybridized carbons (Fsp3) is 0.0588. The minimum Gasteiger partial charge on any atom is -0.266 e. The lowest BCUT2D eigenvalue weighted by molar-refractivity contribution is 0.0959. The highest BCUT2D eigenvalue weighted by atomic mass is 35.5. The van der Waals surface area contributed by atoms with E-state index >= 15 is 0 Å². The lowest BCUT2D eigenvalue weighted by atomic mass is 10.2. The average Bonchev–Trinajstić information content (AvgIpc) is 2.87. The Kier molecular flexibility index (Phi) is 5.11. The molecule has 3 aromatic rings. The number of hydrogen-bond acceptors (Lipinski definition) is 3. The van der Waals surface area contributed by atoms with E-state index in [9.17, 15) is 4.79 Å². The molecule has 122 valence electrons. The summed E-state index contributed by atoms with van der Waals surface area (Å²) in [6.07, 6.45) is 1.49. The zero-order valence-electron chi connectivity index (χ0n) is 12.4. The molecule has 1 aromatic heterocycles. The topological polar surface area (TPSA) is 41.5 Å². The number of carbonyl (C=O) groups is 1. The molecule has 7 heteroatoms. The van der Waals surface area contributed by atoms with E-state index in [1.54, 1.807) is 18.2 Å². The quantitative estimate of drug-likeness (QED) is 0.431. The molecule has 0 saturated heterocycles. The standard InChI is InChI=1S/C17H11Cl3N2OS/c1-9-2-4-11-14(6-9)24-16(15(11)20)17(23)22-21-8-10-3-5-12(18)13(19)7-10/h2-8H,1H3,(H,22,23)/b21-8+. The SMILES string of the molecule is Cc1ccc2c(Cl)c(C(=O)N/N=C/c3ccc(Cl)c(Cl)c3)sc2c1. The summed E-state index contributed by atoms with van der Waals surface area (Å²) in [4.78, 5) is 12.7. The summed E-state index contributed by atoms with van der Waals surface area (Å²) in [5, 5.41) is 6.14. The van der Waals surface area contributed by atoms with Gasteiger partial charge in [-0.1, -0.05) is 53.0 Å². The van der Waals surface area contributed by atoms with Crippen molar-refractivity contribution in [1.29, 1.82) is 0 Å². The second-order valence-electron chi connectivity index (χ2n) is 5.12. The number of fused-ring (bicyclic) bond motifs is 1. The molecule has 0 fully saturated rings. The van der Waals surface area contributed by atoms with Crippen LogP contribution in [0.1, 0.15) is 20.8 Å². The number of rotatable bonds is 3. The van der Waals surface area contributed by atoms with Crippen LogP contribution >= 0.6 is 46.1 Å². The Morgan fingerprint density at radius 2 is 1.92 bits per heavy atom. The van der Waals surface area contributed by atoms with Gasteiger partial charge in [0.2, 0.25) is 0 Å². The largest absolute Gasteiger partial charge is 0.283 e. The molecule has 3 rings (SSSR count). The zero-order valence-corrected chi connectivity index (χ0v) is 15.5. The van der Waals surface area contributed by atoms with E-state index in [1.165, 1.54) is 17.6 Å². The van der Waals surface area contributed by atoms with Gasteiger partial charge in [0, 0.05) is 10.1 Å². The second kappa shape index (κ2) is 7.11. The maximum absolute atomic E-state index is 12.3. The van der Waals surface area contributed by atoms with Gasteiger partial charge < -0.3 is 0 Å². The number of aryl methyl sites for hydroxylation is 1. The van der Waals surface area contributed by atoms with E-state index in [0.717, 1.165) is 21.2 Å². The van der Waals surface area contributed by atoms with Crippen molar-refractivity contribution in [2.24, 2.45) is 5.10 Å². The molecule has 0 aliphatic carbocycles. The van der Waals surface area contributed by atoms with Crippen molar-refractivity contribution in [3.63, 3.8) is 0 Å². The molecule has 0 spiro atoms. The van der Waals surface area contributed by atoms with E-state index in [-0.39, 0.29) is 5.91 Å². The Morgan fingerprint density at radius 3 is 2.67 bits per heavy atom. The third kappa shape index (κ3) is 3.57. The van der Waals surface area contributed by atoms with Crippen LogP contribution in [0, 0.1) is 6.92 Å². The molecule has 24 heavy (non-hydrogen) atoms. The first kappa shape index (κ1) is 17.2. The van der Waals surface area contributed by atoms with Gasteiger partial charge in [-0.25, -0.2) is 5.43 Å². The second-order valence-corrected chi connectivity index (χ2v) is 7.36. The van der Waals surface area contributed by atoms with E-state index in [2.05, 4.69) is 10.5 Å². The zero-order chi connectivity index (χ0) is 17.3. The Morgan fingerprint density at radius 1 is 1.12 bits per heavy atom. The van der Waals surface area contributed by atoms with Gasteiger partial charge in [0.1, 0.15) is 4.88 Å². The van der Waals surface area contributed by atoms with Gasteiger partial charge in [-0.05, 0) is 36.2 Å². The van der Waals surface area contributed by atoms with Gasteiger partial charge in [-0.15, -0.1) is 11.3 Å². The van der Waals surface area contributed by atoms with E-state index in [0.29, 0.717) is 19.9 Å². The predicted octanol–water partition coefficient (Wildman–Crippen LogP) is 5.93. The van der Waals surface area contributed by atoms with Crippen molar-refractivity contribution in [2.45, 2.75) is 6.92 Å². The first-order valence-electron chi connectivity index (χ1n) is 6.93. The number of amides is 1. The van der Waals surface area contributed by atoms with Gasteiger partial charge in [-0.2, -0.15) is 5.10 Å². The predicted molar refractivity (Wildman–Crippen MR) is 103 cm³/mol. The molecule has 0 saturated carbocycles. The molecule has 1 N–H and O–H groups in total. The average molecular weight is 398 g/mol. The summed E-state index contributed by atoms with van der Waals surface area (Å²) in [7, 11) is 0. The summed E-state index contributed by atoms with van der Waals surface area (Å²) >= 11 is 19.4. The van der Waals surface area contributed by atoms with Crippen LogP contribution in [0.25, 0.3) is 10.1 Å². The fourth-order valence-electron chi connectivity index (χ4n) is 2.13. The highest BCUT2D eigenvalue weighted by Crippen LogP contribution is 2.35. The van der Waals surface area contributed by atoms with Crippen molar-refractivity contribution < 1.29 is 4.79 Å². The van der Waals surface area contributed by atoms with Crippen LogP contribution in [0.2, 0.25) is 15.1 Å². The Hall–Kier alpha value is -1.59. The summed E-state index contributed by atoms with van der Waals surface area (Å²) in [6.45, 7) is 1.99. The van der Waals surface area contributed by atoms with E-state index < -0.39 is 0 Å². The third-order valence-corrected chi connectivity index (χ3v) is 5.71. The first-order valence-corrected chi connectivity index (χ1v) is 8.88. The Labute approximate surface area is 157 Å². The number of carbonyl (C=O) groups excluding carboxylic acids is 1. The molecule has 1 amide bonds. The van der Waals surface area contributed by atoms with Crippen LogP contribution in [-0.4, -0.2) is 12.1 Å². The molecule has 2 aromatic carbocycles. The minimum absolute atomic E-state index is 0.352. The number of nitrogens with one attached hydrogen (secondary N) is 1. The number of benzene rings is 2. The molecular weight excluding hydrogens is 387 g/mol. The molecule has 0 atom stereocenters. The van der Waals surface area contributed by atoms with Crippen molar-refractivity contribution >= 4 is 68.3 Å². The molecule has 1 heterocycles. The van der Waals surface area contributed by atoms with E-state index in [1.807, 2.05) is 25.1 Å². The number of thiophene rings is 1. The van der Waals surface area contributed by atoms with Crippen molar-refractivity contribution in [3.05, 3.63) is 67.5 Å². The monoisotopic (exact) mass is 396 g/mol. The van der Waals surface area contributed by atoms with Gasteiger partial charge in [0.25, 0.3) is 5.91 Å².